The maximum Gasteiger partial charge on any atom is 0.0931 e. The average Bonchev–Trinajstić information content (AvgIpc) is 2.38. The van der Waals surface area contributed by atoms with Gasteiger partial charge in [-0.25, -0.2) is 0 Å². The predicted molar refractivity (Wildman–Crippen MR) is 46.7 cm³/mol. The van der Waals surface area contributed by atoms with Gasteiger partial charge >= 0.3 is 0 Å². The van der Waals surface area contributed by atoms with Gasteiger partial charge in [0.15, 0.2) is 0 Å². The topological polar surface area (TPSA) is 34.0 Å². The number of rotatable bonds is 2. The van der Waals surface area contributed by atoms with Crippen LogP contribution < -0.4 is 0 Å². The molecule has 1 fully saturated rings. The Balaban J connectivity index is 2.34. The molecule has 11 heavy (non-hydrogen) atoms. The van der Waals surface area contributed by atoms with Crippen molar-refractivity contribution in [3.05, 3.63) is 0 Å². The third kappa shape index (κ3) is 2.42. The van der Waals surface area contributed by atoms with Crippen LogP contribution in [0.5, 0.6) is 0 Å². The van der Waals surface area contributed by atoms with Crippen LogP contribution in [0.25, 0.3) is 0 Å². The van der Waals surface area contributed by atoms with Gasteiger partial charge in [0.25, 0.3) is 0 Å². The van der Waals surface area contributed by atoms with Crippen LogP contribution in [0.4, 0.5) is 0 Å². The lowest BCUT2D eigenvalue weighted by Gasteiger charge is -2.03. The normalized spacial score (nSPS) is 32.5. The fraction of sp³-hybridized carbons (Fsp3) is 0.750. The minimum Gasteiger partial charge on any atom is -0.364 e. The van der Waals surface area contributed by atoms with Crippen molar-refractivity contribution >= 4 is 12.4 Å². The van der Waals surface area contributed by atoms with Crippen LogP contribution in [0.15, 0.2) is 9.98 Å². The number of hydrogen-bond donors (Lipinski definition) is 0. The molecule has 1 aliphatic heterocycles. The Morgan fingerprint density at radius 3 is 1.91 bits per heavy atom. The van der Waals surface area contributed by atoms with Gasteiger partial charge in [0.1, 0.15) is 0 Å². The number of ether oxygens (including phenoxy) is 1. The van der Waals surface area contributed by atoms with E-state index in [1.54, 1.807) is 14.1 Å². The van der Waals surface area contributed by atoms with E-state index >= 15 is 0 Å². The minimum atomic E-state index is 0.211. The van der Waals surface area contributed by atoms with Gasteiger partial charge in [-0.15, -0.1) is 0 Å². The summed E-state index contributed by atoms with van der Waals surface area (Å²) in [5.74, 6) is 0. The molecule has 3 heteroatoms. The molecule has 0 aromatic heterocycles. The molecule has 2 atom stereocenters. The Labute approximate surface area is 67.2 Å². The zero-order valence-electron chi connectivity index (χ0n) is 7.03. The van der Waals surface area contributed by atoms with Crippen LogP contribution in [0.2, 0.25) is 0 Å². The molecule has 0 spiro atoms. The van der Waals surface area contributed by atoms with Gasteiger partial charge in [0.05, 0.1) is 12.2 Å². The first-order chi connectivity index (χ1) is 5.36. The van der Waals surface area contributed by atoms with E-state index in [0.717, 1.165) is 12.8 Å². The second-order valence-corrected chi connectivity index (χ2v) is 2.60. The third-order valence-electron chi connectivity index (χ3n) is 1.72. The molecule has 0 radical (unpaired) electrons. The summed E-state index contributed by atoms with van der Waals surface area (Å²) in [6, 6.07) is 0. The fourth-order valence-corrected chi connectivity index (χ4v) is 1.24. The molecule has 1 aliphatic rings. The van der Waals surface area contributed by atoms with E-state index in [1.165, 1.54) is 0 Å². The molecule has 0 aliphatic carbocycles. The molecule has 0 aromatic carbocycles. The minimum absolute atomic E-state index is 0.211. The highest BCUT2D eigenvalue weighted by Crippen LogP contribution is 2.16. The summed E-state index contributed by atoms with van der Waals surface area (Å²) in [5.41, 5.74) is 0. The maximum absolute atomic E-state index is 5.54. The summed E-state index contributed by atoms with van der Waals surface area (Å²) in [6.45, 7) is 0. The average molecular weight is 154 g/mol. The first kappa shape index (κ1) is 8.40. The highest BCUT2D eigenvalue weighted by atomic mass is 16.5. The number of nitrogens with zero attached hydrogens (tertiary/aromatic N) is 2. The Hall–Kier alpha value is -0.700. The number of hydrogen-bond acceptors (Lipinski definition) is 3. The fourth-order valence-electron chi connectivity index (χ4n) is 1.24. The standard InChI is InChI=1S/C8H14N2O/c1-9-5-7-3-4-8(11-7)6-10-2/h5-8H,3-4H2,1-2H3. The van der Waals surface area contributed by atoms with E-state index in [4.69, 9.17) is 4.74 Å². The molecule has 1 rings (SSSR count). The van der Waals surface area contributed by atoms with Crippen molar-refractivity contribution in [1.82, 2.24) is 0 Å². The van der Waals surface area contributed by atoms with Crippen LogP contribution in [0, 0.1) is 0 Å². The van der Waals surface area contributed by atoms with Gasteiger partial charge in [-0.05, 0) is 12.8 Å². The molecule has 1 saturated heterocycles. The van der Waals surface area contributed by atoms with Gasteiger partial charge in [-0.2, -0.15) is 0 Å². The van der Waals surface area contributed by atoms with Crippen molar-refractivity contribution in [2.75, 3.05) is 14.1 Å². The summed E-state index contributed by atoms with van der Waals surface area (Å²) in [7, 11) is 3.54. The third-order valence-corrected chi connectivity index (χ3v) is 1.72. The molecular weight excluding hydrogens is 140 g/mol. The van der Waals surface area contributed by atoms with E-state index in [-0.39, 0.29) is 12.2 Å². The van der Waals surface area contributed by atoms with Crippen molar-refractivity contribution in [3.8, 4) is 0 Å². The molecule has 0 aromatic rings. The molecule has 0 N–H and O–H groups in total. The molecule has 2 unspecified atom stereocenters. The molecule has 0 bridgehead atoms. The largest absolute Gasteiger partial charge is 0.364 e. The zero-order valence-corrected chi connectivity index (χ0v) is 7.03. The van der Waals surface area contributed by atoms with Crippen LogP contribution in [0.3, 0.4) is 0 Å². The highest BCUT2D eigenvalue weighted by molar-refractivity contribution is 5.67. The summed E-state index contributed by atoms with van der Waals surface area (Å²) in [4.78, 5) is 7.84. The van der Waals surface area contributed by atoms with Crippen LogP contribution in [-0.4, -0.2) is 38.7 Å². The smallest absolute Gasteiger partial charge is 0.0931 e. The van der Waals surface area contributed by atoms with Gasteiger partial charge in [0, 0.05) is 26.5 Å². The van der Waals surface area contributed by atoms with Crippen molar-refractivity contribution in [2.45, 2.75) is 25.0 Å². The highest BCUT2D eigenvalue weighted by Gasteiger charge is 2.21. The molecule has 0 amide bonds. The zero-order chi connectivity index (χ0) is 8.10. The summed E-state index contributed by atoms with van der Waals surface area (Å²) in [5, 5.41) is 0. The van der Waals surface area contributed by atoms with Crippen molar-refractivity contribution in [2.24, 2.45) is 9.98 Å². The van der Waals surface area contributed by atoms with Crippen molar-refractivity contribution in [3.63, 3.8) is 0 Å². The maximum atomic E-state index is 5.54. The Kier molecular flexibility index (Phi) is 3.23. The first-order valence-corrected chi connectivity index (χ1v) is 3.87. The van der Waals surface area contributed by atoms with Gasteiger partial charge < -0.3 is 4.74 Å². The quantitative estimate of drug-likeness (QED) is 0.545. The van der Waals surface area contributed by atoms with E-state index < -0.39 is 0 Å². The van der Waals surface area contributed by atoms with E-state index in [1.807, 2.05) is 12.4 Å². The van der Waals surface area contributed by atoms with Crippen LogP contribution >= 0.6 is 0 Å². The summed E-state index contributed by atoms with van der Waals surface area (Å²) in [6.07, 6.45) is 6.25. The second-order valence-electron chi connectivity index (χ2n) is 2.60. The molecule has 62 valence electrons. The van der Waals surface area contributed by atoms with Gasteiger partial charge in [-0.3, -0.25) is 9.98 Å². The van der Waals surface area contributed by atoms with Crippen LogP contribution in [0.1, 0.15) is 12.8 Å². The molecule has 0 saturated carbocycles. The van der Waals surface area contributed by atoms with Crippen molar-refractivity contribution in [1.29, 1.82) is 0 Å². The monoisotopic (exact) mass is 154 g/mol. The number of aliphatic imine (C=N–C) groups is 2. The van der Waals surface area contributed by atoms with Crippen molar-refractivity contribution < 1.29 is 4.74 Å². The molecular formula is C8H14N2O. The molecule has 3 nitrogen and oxygen atoms in total. The first-order valence-electron chi connectivity index (χ1n) is 3.87. The van der Waals surface area contributed by atoms with E-state index in [9.17, 15) is 0 Å². The van der Waals surface area contributed by atoms with Gasteiger partial charge in [0.2, 0.25) is 0 Å². The lowest BCUT2D eigenvalue weighted by atomic mass is 10.2. The van der Waals surface area contributed by atoms with E-state index in [0.29, 0.717) is 0 Å². The second kappa shape index (κ2) is 4.23. The van der Waals surface area contributed by atoms with Gasteiger partial charge in [-0.1, -0.05) is 0 Å². The Morgan fingerprint density at radius 1 is 1.09 bits per heavy atom. The lowest BCUT2D eigenvalue weighted by molar-refractivity contribution is 0.129. The van der Waals surface area contributed by atoms with Crippen LogP contribution in [-0.2, 0) is 4.74 Å². The Bertz CT molecular complexity index is 147. The Morgan fingerprint density at radius 2 is 1.55 bits per heavy atom. The molecule has 1 heterocycles. The lowest BCUT2D eigenvalue weighted by Crippen LogP contribution is -2.12. The predicted octanol–water partition coefficient (Wildman–Crippen LogP) is 0.935. The van der Waals surface area contributed by atoms with E-state index in [2.05, 4.69) is 9.98 Å². The summed E-state index contributed by atoms with van der Waals surface area (Å²) < 4.78 is 5.54. The summed E-state index contributed by atoms with van der Waals surface area (Å²) >= 11 is 0. The SMILES string of the molecule is CN=CC1CCC(C=NC)O1.